The minimum absolute atomic E-state index is 0.103. The summed E-state index contributed by atoms with van der Waals surface area (Å²) in [6.07, 6.45) is -5.04. The fourth-order valence-corrected chi connectivity index (χ4v) is 1.82. The molecule has 1 rings (SSSR count). The van der Waals surface area contributed by atoms with Gasteiger partial charge in [0.25, 0.3) is 0 Å². The van der Waals surface area contributed by atoms with Gasteiger partial charge in [0.15, 0.2) is 5.84 Å². The van der Waals surface area contributed by atoms with Crippen LogP contribution in [0.15, 0.2) is 23.4 Å². The van der Waals surface area contributed by atoms with Crippen molar-refractivity contribution in [2.75, 3.05) is 20.7 Å². The summed E-state index contributed by atoms with van der Waals surface area (Å²) >= 11 is 0. The van der Waals surface area contributed by atoms with Gasteiger partial charge < -0.3 is 20.6 Å². The smallest absolute Gasteiger partial charge is 0.390 e. The van der Waals surface area contributed by atoms with Gasteiger partial charge in [0, 0.05) is 13.1 Å². The van der Waals surface area contributed by atoms with E-state index >= 15 is 0 Å². The normalized spacial score (nSPS) is 12.8. The Bertz CT molecular complexity index is 504. The summed E-state index contributed by atoms with van der Waals surface area (Å²) in [6.45, 7) is 0.209. The lowest BCUT2D eigenvalue weighted by Crippen LogP contribution is -2.24. The minimum atomic E-state index is -4.17. The average Bonchev–Trinajstić information content (AvgIpc) is 2.43. The average molecular weight is 305 g/mol. The molecule has 0 spiro atoms. The van der Waals surface area contributed by atoms with E-state index in [1.165, 1.54) is 7.11 Å². The second-order valence-electron chi connectivity index (χ2n) is 4.62. The minimum Gasteiger partial charge on any atom is -0.496 e. The van der Waals surface area contributed by atoms with E-state index in [1.807, 2.05) is 0 Å². The van der Waals surface area contributed by atoms with Crippen LogP contribution < -0.4 is 10.5 Å². The lowest BCUT2D eigenvalue weighted by Gasteiger charge is -2.18. The third kappa shape index (κ3) is 5.50. The molecule has 0 aliphatic heterocycles. The number of nitrogens with two attached hydrogens (primary N) is 1. The van der Waals surface area contributed by atoms with Crippen LogP contribution in [0.1, 0.15) is 17.5 Å². The van der Waals surface area contributed by atoms with E-state index in [0.717, 1.165) is 5.56 Å². The zero-order valence-electron chi connectivity index (χ0n) is 11.8. The van der Waals surface area contributed by atoms with Crippen molar-refractivity contribution in [1.29, 1.82) is 0 Å². The van der Waals surface area contributed by atoms with Crippen LogP contribution in [-0.4, -0.2) is 42.8 Å². The van der Waals surface area contributed by atoms with Crippen molar-refractivity contribution in [2.45, 2.75) is 19.1 Å². The molecule has 0 radical (unpaired) electrons. The maximum absolute atomic E-state index is 12.2. The number of rotatable bonds is 6. The van der Waals surface area contributed by atoms with Crippen molar-refractivity contribution < 1.29 is 23.1 Å². The lowest BCUT2D eigenvalue weighted by atomic mass is 10.1. The molecular formula is C13H18F3N3O2. The number of halogens is 3. The Hall–Kier alpha value is -1.96. The van der Waals surface area contributed by atoms with E-state index in [9.17, 15) is 13.2 Å². The van der Waals surface area contributed by atoms with Gasteiger partial charge in [0.1, 0.15) is 5.75 Å². The molecule has 21 heavy (non-hydrogen) atoms. The maximum atomic E-state index is 12.2. The van der Waals surface area contributed by atoms with Crippen LogP contribution in [0.5, 0.6) is 5.75 Å². The molecule has 1 aromatic rings. The Labute approximate surface area is 120 Å². The quantitative estimate of drug-likeness (QED) is 0.366. The van der Waals surface area contributed by atoms with Gasteiger partial charge >= 0.3 is 6.18 Å². The molecule has 0 heterocycles. The molecule has 0 bridgehead atoms. The molecule has 0 aliphatic carbocycles. The predicted molar refractivity (Wildman–Crippen MR) is 72.5 cm³/mol. The van der Waals surface area contributed by atoms with Crippen molar-refractivity contribution >= 4 is 5.84 Å². The second-order valence-corrected chi connectivity index (χ2v) is 4.62. The first kappa shape index (κ1) is 17.1. The van der Waals surface area contributed by atoms with Gasteiger partial charge in [-0.25, -0.2) is 0 Å². The molecule has 118 valence electrons. The van der Waals surface area contributed by atoms with Gasteiger partial charge in [-0.2, -0.15) is 13.2 Å². The summed E-state index contributed by atoms with van der Waals surface area (Å²) < 4.78 is 41.6. The van der Waals surface area contributed by atoms with Crippen LogP contribution in [0.4, 0.5) is 13.2 Å². The summed E-state index contributed by atoms with van der Waals surface area (Å²) in [7, 11) is 3.04. The van der Waals surface area contributed by atoms with Gasteiger partial charge in [-0.15, -0.1) is 0 Å². The summed E-state index contributed by atoms with van der Waals surface area (Å²) in [5, 5.41) is 11.6. The second kappa shape index (κ2) is 7.16. The molecule has 0 saturated heterocycles. The Morgan fingerprint density at radius 3 is 2.62 bits per heavy atom. The number of amidine groups is 1. The van der Waals surface area contributed by atoms with Crippen LogP contribution in [-0.2, 0) is 6.54 Å². The Morgan fingerprint density at radius 1 is 1.43 bits per heavy atom. The number of hydrogen-bond acceptors (Lipinski definition) is 4. The van der Waals surface area contributed by atoms with E-state index in [-0.39, 0.29) is 12.4 Å². The molecule has 0 fully saturated rings. The summed E-state index contributed by atoms with van der Waals surface area (Å²) in [4.78, 5) is 1.55. The lowest BCUT2D eigenvalue weighted by molar-refractivity contribution is -0.137. The summed E-state index contributed by atoms with van der Waals surface area (Å²) in [5.41, 5.74) is 6.67. The Morgan fingerprint density at radius 2 is 2.10 bits per heavy atom. The zero-order valence-corrected chi connectivity index (χ0v) is 11.8. The first-order valence-electron chi connectivity index (χ1n) is 6.17. The van der Waals surface area contributed by atoms with Crippen LogP contribution >= 0.6 is 0 Å². The van der Waals surface area contributed by atoms with Gasteiger partial charge in [0.2, 0.25) is 0 Å². The molecule has 0 atom stereocenters. The summed E-state index contributed by atoms with van der Waals surface area (Å²) in [5.74, 6) is 0.304. The molecule has 5 nitrogen and oxygen atoms in total. The number of hydrogen-bond donors (Lipinski definition) is 2. The third-order valence-corrected chi connectivity index (χ3v) is 2.88. The zero-order chi connectivity index (χ0) is 16.0. The van der Waals surface area contributed by atoms with Crippen molar-refractivity contribution in [3.63, 3.8) is 0 Å². The fourth-order valence-electron chi connectivity index (χ4n) is 1.82. The van der Waals surface area contributed by atoms with Gasteiger partial charge in [-0.3, -0.25) is 0 Å². The largest absolute Gasteiger partial charge is 0.496 e. The fraction of sp³-hybridized carbons (Fsp3) is 0.462. The highest BCUT2D eigenvalue weighted by atomic mass is 19.4. The van der Waals surface area contributed by atoms with Crippen LogP contribution in [0.25, 0.3) is 0 Å². The number of oxime groups is 1. The predicted octanol–water partition coefficient (Wildman–Crippen LogP) is 2.17. The van der Waals surface area contributed by atoms with Crippen LogP contribution in [0.2, 0.25) is 0 Å². The molecular weight excluding hydrogens is 287 g/mol. The van der Waals surface area contributed by atoms with Crippen LogP contribution in [0, 0.1) is 0 Å². The highest BCUT2D eigenvalue weighted by Gasteiger charge is 2.27. The van der Waals surface area contributed by atoms with E-state index in [2.05, 4.69) is 5.16 Å². The van der Waals surface area contributed by atoms with Crippen molar-refractivity contribution in [1.82, 2.24) is 4.90 Å². The molecule has 0 amide bonds. The Balaban J connectivity index is 2.80. The molecule has 0 unspecified atom stereocenters. The van der Waals surface area contributed by atoms with Gasteiger partial charge in [-0.05, 0) is 24.7 Å². The summed E-state index contributed by atoms with van der Waals surface area (Å²) in [6, 6.07) is 4.97. The standard InChI is InChI=1S/C13H18F3N3O2/c1-19(6-5-13(14,15)16)8-9-3-4-11(21-2)10(7-9)12(17)18-20/h3-4,7,20H,5-6,8H2,1-2H3,(H2,17,18). The molecule has 1 aromatic carbocycles. The number of benzene rings is 1. The molecule has 8 heteroatoms. The van der Waals surface area contributed by atoms with Crippen LogP contribution in [0.3, 0.4) is 0 Å². The van der Waals surface area contributed by atoms with E-state index in [4.69, 9.17) is 15.7 Å². The Kier molecular flexibility index (Phi) is 5.83. The maximum Gasteiger partial charge on any atom is 0.390 e. The van der Waals surface area contributed by atoms with Crippen molar-refractivity contribution in [3.8, 4) is 5.75 Å². The highest BCUT2D eigenvalue weighted by Crippen LogP contribution is 2.22. The number of nitrogens with zero attached hydrogens (tertiary/aromatic N) is 2. The molecule has 3 N–H and O–H groups in total. The topological polar surface area (TPSA) is 71.1 Å². The number of methoxy groups -OCH3 is 1. The van der Waals surface area contributed by atoms with Gasteiger partial charge in [-0.1, -0.05) is 11.2 Å². The van der Waals surface area contributed by atoms with Crippen molar-refractivity contribution in [3.05, 3.63) is 29.3 Å². The third-order valence-electron chi connectivity index (χ3n) is 2.88. The van der Waals surface area contributed by atoms with Gasteiger partial charge in [0.05, 0.1) is 19.1 Å². The highest BCUT2D eigenvalue weighted by molar-refractivity contribution is 5.99. The SMILES string of the molecule is COc1ccc(CN(C)CCC(F)(F)F)cc1C(N)=NO. The molecule has 0 aromatic heterocycles. The number of alkyl halides is 3. The van der Waals surface area contributed by atoms with E-state index in [0.29, 0.717) is 17.9 Å². The monoisotopic (exact) mass is 305 g/mol. The first-order valence-corrected chi connectivity index (χ1v) is 6.17. The first-order chi connectivity index (χ1) is 9.76. The molecule has 0 aliphatic rings. The van der Waals surface area contributed by atoms with Crippen molar-refractivity contribution in [2.24, 2.45) is 10.9 Å². The van der Waals surface area contributed by atoms with E-state index < -0.39 is 12.6 Å². The van der Waals surface area contributed by atoms with E-state index in [1.54, 1.807) is 30.1 Å². The molecule has 0 saturated carbocycles. The number of ether oxygens (including phenoxy) is 1.